The summed E-state index contributed by atoms with van der Waals surface area (Å²) < 4.78 is 11.2. The number of hydrogen-bond acceptors (Lipinski definition) is 5. The Morgan fingerprint density at radius 3 is 2.33 bits per heavy atom. The van der Waals surface area contributed by atoms with Gasteiger partial charge in [-0.25, -0.2) is 0 Å². The molecule has 1 aromatic carbocycles. The Morgan fingerprint density at radius 1 is 1.15 bits per heavy atom. The first-order valence-electron chi connectivity index (χ1n) is 9.16. The molecule has 1 N–H and O–H groups in total. The van der Waals surface area contributed by atoms with E-state index in [1.54, 1.807) is 31.4 Å². The maximum Gasteiger partial charge on any atom is 0.205 e. The minimum absolute atomic E-state index is 0.0381. The molecular weight excluding hydrogens is 342 g/mol. The van der Waals surface area contributed by atoms with Gasteiger partial charge in [0.2, 0.25) is 5.88 Å². The second kappa shape index (κ2) is 6.55. The van der Waals surface area contributed by atoms with Crippen LogP contribution in [0.3, 0.4) is 0 Å². The van der Waals surface area contributed by atoms with Crippen LogP contribution < -0.4 is 10.1 Å². The molecule has 0 amide bonds. The summed E-state index contributed by atoms with van der Waals surface area (Å²) in [5.74, 6) is 1.39. The van der Waals surface area contributed by atoms with E-state index in [0.717, 1.165) is 0 Å². The number of methoxy groups -OCH3 is 1. The third-order valence-electron chi connectivity index (χ3n) is 4.61. The number of nitrogens with one attached hydrogen (secondary N) is 1. The van der Waals surface area contributed by atoms with Crippen LogP contribution >= 0.6 is 0 Å². The molecule has 0 unspecified atom stereocenters. The van der Waals surface area contributed by atoms with Gasteiger partial charge in [0.1, 0.15) is 11.5 Å². The topological polar surface area (TPSA) is 68.5 Å². The SMILES string of the molecule is COc1ccc(C(=O)c2c(NC(C)(C)C)oc3c2C(=O)CC(C)(C)C3)cc1. The van der Waals surface area contributed by atoms with Gasteiger partial charge in [-0.05, 0) is 50.5 Å². The Labute approximate surface area is 160 Å². The minimum Gasteiger partial charge on any atom is -0.497 e. The van der Waals surface area contributed by atoms with Crippen molar-refractivity contribution in [3.05, 3.63) is 46.7 Å². The monoisotopic (exact) mass is 369 g/mol. The van der Waals surface area contributed by atoms with Crippen LogP contribution in [0.4, 0.5) is 5.88 Å². The van der Waals surface area contributed by atoms with Crippen molar-refractivity contribution in [2.75, 3.05) is 12.4 Å². The van der Waals surface area contributed by atoms with Crippen molar-refractivity contribution in [2.45, 2.75) is 53.0 Å². The molecule has 1 heterocycles. The number of carbonyl (C=O) groups excluding carboxylic acids is 2. The maximum absolute atomic E-state index is 13.3. The summed E-state index contributed by atoms with van der Waals surface area (Å²) in [6, 6.07) is 6.89. The standard InChI is InChI=1S/C22H27NO4/c1-21(2,3)23-20-18(19(25)13-7-9-14(26-6)10-8-13)17-15(24)11-22(4,5)12-16(17)27-20/h7-10,23H,11-12H2,1-6H3. The van der Waals surface area contributed by atoms with Crippen molar-refractivity contribution in [1.29, 1.82) is 0 Å². The molecule has 0 aliphatic heterocycles. The Balaban J connectivity index is 2.13. The highest BCUT2D eigenvalue weighted by Crippen LogP contribution is 2.41. The van der Waals surface area contributed by atoms with E-state index in [9.17, 15) is 9.59 Å². The van der Waals surface area contributed by atoms with E-state index in [1.807, 2.05) is 34.6 Å². The molecule has 1 aliphatic carbocycles. The minimum atomic E-state index is -0.312. The molecule has 0 saturated carbocycles. The lowest BCUT2D eigenvalue weighted by atomic mass is 9.75. The summed E-state index contributed by atoms with van der Waals surface area (Å²) in [6.07, 6.45) is 1.03. The van der Waals surface area contributed by atoms with Crippen LogP contribution in [0.25, 0.3) is 0 Å². The molecular formula is C22H27NO4. The molecule has 3 rings (SSSR count). The first kappa shape index (κ1) is 19.2. The van der Waals surface area contributed by atoms with Gasteiger partial charge in [0.15, 0.2) is 11.6 Å². The van der Waals surface area contributed by atoms with E-state index in [0.29, 0.717) is 46.9 Å². The lowest BCUT2D eigenvalue weighted by Crippen LogP contribution is -2.28. The van der Waals surface area contributed by atoms with Gasteiger partial charge in [0.05, 0.1) is 18.2 Å². The lowest BCUT2D eigenvalue weighted by molar-refractivity contribution is 0.0896. The van der Waals surface area contributed by atoms with Crippen molar-refractivity contribution >= 4 is 17.5 Å². The number of Topliss-reactive ketones (excluding diaryl/α,β-unsaturated/α-hetero) is 1. The van der Waals surface area contributed by atoms with Crippen LogP contribution in [0.15, 0.2) is 28.7 Å². The van der Waals surface area contributed by atoms with Gasteiger partial charge >= 0.3 is 0 Å². The number of fused-ring (bicyclic) bond motifs is 1. The highest BCUT2D eigenvalue weighted by molar-refractivity contribution is 6.19. The Bertz CT molecular complexity index is 882. The fraction of sp³-hybridized carbons (Fsp3) is 0.455. The number of ketones is 2. The molecule has 0 bridgehead atoms. The molecule has 5 heteroatoms. The van der Waals surface area contributed by atoms with Gasteiger partial charge in [0, 0.05) is 23.9 Å². The van der Waals surface area contributed by atoms with Crippen molar-refractivity contribution in [3.8, 4) is 5.75 Å². The average Bonchev–Trinajstić information content (AvgIpc) is 2.88. The van der Waals surface area contributed by atoms with E-state index < -0.39 is 0 Å². The Kier molecular flexibility index (Phi) is 4.66. The van der Waals surface area contributed by atoms with E-state index >= 15 is 0 Å². The van der Waals surface area contributed by atoms with Gasteiger partial charge in [-0.2, -0.15) is 0 Å². The van der Waals surface area contributed by atoms with Crippen molar-refractivity contribution in [2.24, 2.45) is 5.41 Å². The second-order valence-electron chi connectivity index (χ2n) is 8.98. The predicted octanol–water partition coefficient (Wildman–Crippen LogP) is 4.88. The van der Waals surface area contributed by atoms with Crippen LogP contribution in [0.1, 0.15) is 73.1 Å². The molecule has 5 nitrogen and oxygen atoms in total. The first-order chi connectivity index (χ1) is 12.5. The van der Waals surface area contributed by atoms with Crippen LogP contribution in [0.2, 0.25) is 0 Å². The van der Waals surface area contributed by atoms with Crippen molar-refractivity contribution < 1.29 is 18.7 Å². The summed E-state index contributed by atoms with van der Waals surface area (Å²) in [6.45, 7) is 10.0. The van der Waals surface area contributed by atoms with Gasteiger partial charge in [-0.15, -0.1) is 0 Å². The van der Waals surface area contributed by atoms with Gasteiger partial charge in [-0.3, -0.25) is 9.59 Å². The zero-order valence-electron chi connectivity index (χ0n) is 16.9. The number of hydrogen-bond donors (Lipinski definition) is 1. The Hall–Kier alpha value is -2.56. The Morgan fingerprint density at radius 2 is 1.78 bits per heavy atom. The first-order valence-corrected chi connectivity index (χ1v) is 9.16. The number of furan rings is 1. The molecule has 144 valence electrons. The van der Waals surface area contributed by atoms with Crippen LogP contribution in [0, 0.1) is 5.41 Å². The number of anilines is 1. The van der Waals surface area contributed by atoms with Gasteiger partial charge in [0.25, 0.3) is 0 Å². The molecule has 2 aromatic rings. The normalized spacial score (nSPS) is 16.0. The van der Waals surface area contributed by atoms with Crippen LogP contribution in [-0.2, 0) is 6.42 Å². The second-order valence-corrected chi connectivity index (χ2v) is 8.98. The smallest absolute Gasteiger partial charge is 0.205 e. The molecule has 1 aromatic heterocycles. The number of rotatable bonds is 4. The lowest BCUT2D eigenvalue weighted by Gasteiger charge is -2.27. The molecule has 0 radical (unpaired) electrons. The average molecular weight is 369 g/mol. The summed E-state index contributed by atoms with van der Waals surface area (Å²) in [5.41, 5.74) is 0.775. The van der Waals surface area contributed by atoms with Crippen LogP contribution in [0.5, 0.6) is 5.75 Å². The maximum atomic E-state index is 13.3. The number of benzene rings is 1. The molecule has 1 aliphatic rings. The van der Waals surface area contributed by atoms with Crippen molar-refractivity contribution in [3.63, 3.8) is 0 Å². The molecule has 0 fully saturated rings. The van der Waals surface area contributed by atoms with E-state index in [-0.39, 0.29) is 22.5 Å². The summed E-state index contributed by atoms with van der Waals surface area (Å²) in [4.78, 5) is 26.2. The summed E-state index contributed by atoms with van der Waals surface area (Å²) >= 11 is 0. The van der Waals surface area contributed by atoms with E-state index in [4.69, 9.17) is 9.15 Å². The summed E-state index contributed by atoms with van der Waals surface area (Å²) in [5, 5.41) is 3.26. The zero-order chi connectivity index (χ0) is 20.0. The largest absolute Gasteiger partial charge is 0.497 e. The molecule has 27 heavy (non-hydrogen) atoms. The third kappa shape index (κ3) is 3.92. The molecule has 0 saturated heterocycles. The van der Waals surface area contributed by atoms with Gasteiger partial charge < -0.3 is 14.5 Å². The molecule has 0 atom stereocenters. The van der Waals surface area contributed by atoms with E-state index in [2.05, 4.69) is 5.32 Å². The predicted molar refractivity (Wildman–Crippen MR) is 105 cm³/mol. The summed E-state index contributed by atoms with van der Waals surface area (Å²) in [7, 11) is 1.58. The van der Waals surface area contributed by atoms with E-state index in [1.165, 1.54) is 0 Å². The number of ether oxygens (including phenoxy) is 1. The molecule has 0 spiro atoms. The third-order valence-corrected chi connectivity index (χ3v) is 4.61. The van der Waals surface area contributed by atoms with Crippen molar-refractivity contribution in [1.82, 2.24) is 0 Å². The fourth-order valence-corrected chi connectivity index (χ4v) is 3.45. The van der Waals surface area contributed by atoms with Crippen LogP contribution in [-0.4, -0.2) is 24.2 Å². The zero-order valence-corrected chi connectivity index (χ0v) is 16.9. The number of carbonyl (C=O) groups is 2. The quantitative estimate of drug-likeness (QED) is 0.778. The van der Waals surface area contributed by atoms with Gasteiger partial charge in [-0.1, -0.05) is 13.8 Å². The highest BCUT2D eigenvalue weighted by Gasteiger charge is 2.39. The fourth-order valence-electron chi connectivity index (χ4n) is 3.45. The highest BCUT2D eigenvalue weighted by atomic mass is 16.5.